The third kappa shape index (κ3) is 4.81. The van der Waals surface area contributed by atoms with Gasteiger partial charge in [-0.1, -0.05) is 6.07 Å². The van der Waals surface area contributed by atoms with Crippen molar-refractivity contribution >= 4 is 34.0 Å². The van der Waals surface area contributed by atoms with Gasteiger partial charge in [0, 0.05) is 36.9 Å². The molecule has 1 heterocycles. The van der Waals surface area contributed by atoms with Crippen LogP contribution in [0.25, 0.3) is 0 Å². The van der Waals surface area contributed by atoms with E-state index in [-0.39, 0.29) is 34.9 Å². The molecular weight excluding hydrogens is 405 g/mol. The minimum absolute atomic E-state index is 0. The minimum Gasteiger partial charge on any atom is -0.333 e. The van der Waals surface area contributed by atoms with E-state index in [1.807, 2.05) is 6.92 Å². The minimum atomic E-state index is -3.91. The van der Waals surface area contributed by atoms with E-state index in [0.29, 0.717) is 30.8 Å². The lowest BCUT2D eigenvalue weighted by Crippen LogP contribution is -2.52. The fourth-order valence-corrected chi connectivity index (χ4v) is 4.39. The van der Waals surface area contributed by atoms with E-state index in [1.165, 1.54) is 30.3 Å². The number of hydrogen-bond donors (Lipinski definition) is 2. The van der Waals surface area contributed by atoms with Crippen molar-refractivity contribution in [1.29, 1.82) is 0 Å². The highest BCUT2D eigenvalue weighted by molar-refractivity contribution is 7.92. The zero-order valence-corrected chi connectivity index (χ0v) is 17.2. The Balaban J connectivity index is 0.00000280. The maximum atomic E-state index is 13.0. The topological polar surface area (TPSA) is 78.5 Å². The predicted octanol–water partition coefficient (Wildman–Crippen LogP) is 2.79. The number of sulfonamides is 1. The van der Waals surface area contributed by atoms with Gasteiger partial charge < -0.3 is 10.2 Å². The summed E-state index contributed by atoms with van der Waals surface area (Å²) in [5.41, 5.74) is 1.10. The van der Waals surface area contributed by atoms with Gasteiger partial charge in [-0.15, -0.1) is 12.4 Å². The second-order valence-electron chi connectivity index (χ2n) is 6.64. The van der Waals surface area contributed by atoms with Crippen molar-refractivity contribution < 1.29 is 17.6 Å². The molecule has 152 valence electrons. The molecule has 1 amide bonds. The normalized spacial score (nSPS) is 17.0. The van der Waals surface area contributed by atoms with Crippen LogP contribution in [0.15, 0.2) is 47.4 Å². The smallest absolute Gasteiger partial charge is 0.262 e. The van der Waals surface area contributed by atoms with Gasteiger partial charge in [0.25, 0.3) is 15.9 Å². The van der Waals surface area contributed by atoms with Crippen molar-refractivity contribution in [3.63, 3.8) is 0 Å². The highest BCUT2D eigenvalue weighted by atomic mass is 35.5. The number of nitrogens with zero attached hydrogens (tertiary/aromatic N) is 1. The quantitative estimate of drug-likeness (QED) is 0.786. The molecule has 28 heavy (non-hydrogen) atoms. The van der Waals surface area contributed by atoms with Gasteiger partial charge in [-0.05, 0) is 55.8 Å². The fraction of sp³-hybridized carbons (Fsp3) is 0.316. The lowest BCUT2D eigenvalue weighted by atomic mass is 10.1. The Kier molecular flexibility index (Phi) is 7.03. The molecule has 1 atom stereocenters. The largest absolute Gasteiger partial charge is 0.333 e. The Morgan fingerprint density at radius 1 is 1.21 bits per heavy atom. The monoisotopic (exact) mass is 427 g/mol. The third-order valence-corrected chi connectivity index (χ3v) is 6.11. The molecule has 0 saturated carbocycles. The lowest BCUT2D eigenvalue weighted by Gasteiger charge is -2.34. The van der Waals surface area contributed by atoms with Crippen LogP contribution >= 0.6 is 12.4 Å². The number of carbonyl (C=O) groups is 1. The summed E-state index contributed by atoms with van der Waals surface area (Å²) in [5.74, 6) is -0.644. The number of anilines is 1. The van der Waals surface area contributed by atoms with Gasteiger partial charge in [0.1, 0.15) is 5.82 Å². The van der Waals surface area contributed by atoms with Gasteiger partial charge in [-0.2, -0.15) is 0 Å². The summed E-state index contributed by atoms with van der Waals surface area (Å²) >= 11 is 0. The first kappa shape index (κ1) is 22.1. The molecule has 1 aliphatic heterocycles. The van der Waals surface area contributed by atoms with Crippen LogP contribution in [0, 0.1) is 12.7 Å². The molecule has 1 saturated heterocycles. The number of aryl methyl sites for hydroxylation is 1. The Hall–Kier alpha value is -2.16. The molecule has 6 nitrogen and oxygen atoms in total. The van der Waals surface area contributed by atoms with Crippen LogP contribution in [-0.4, -0.2) is 44.9 Å². The van der Waals surface area contributed by atoms with E-state index in [4.69, 9.17) is 0 Å². The van der Waals surface area contributed by atoms with Crippen molar-refractivity contribution in [2.24, 2.45) is 0 Å². The number of carbonyl (C=O) groups excluding carboxylic acids is 1. The molecule has 2 N–H and O–H groups in total. The number of piperazine rings is 1. The number of hydrogen-bond acceptors (Lipinski definition) is 4. The van der Waals surface area contributed by atoms with Crippen molar-refractivity contribution in [3.05, 3.63) is 59.4 Å². The molecule has 0 unspecified atom stereocenters. The highest BCUT2D eigenvalue weighted by Gasteiger charge is 2.26. The molecule has 0 spiro atoms. The van der Waals surface area contributed by atoms with E-state index < -0.39 is 15.8 Å². The molecule has 2 aromatic rings. The standard InChI is InChI=1S/C19H22FN3O3S.ClH/c1-13-3-4-15(19(24)23-10-9-21-12-14(23)2)11-18(13)27(25,26)22-17-7-5-16(20)6-8-17;/h3-8,11,14,21-22H,9-10,12H2,1-2H3;1H/t14-;/m0./s1. The van der Waals surface area contributed by atoms with Crippen LogP contribution < -0.4 is 10.0 Å². The second kappa shape index (κ2) is 8.89. The number of halogens is 2. The average Bonchev–Trinajstić information content (AvgIpc) is 2.63. The van der Waals surface area contributed by atoms with Gasteiger partial charge in [-0.3, -0.25) is 9.52 Å². The number of benzene rings is 2. The van der Waals surface area contributed by atoms with Gasteiger partial charge in [-0.25, -0.2) is 12.8 Å². The van der Waals surface area contributed by atoms with Crippen LogP contribution in [0.1, 0.15) is 22.8 Å². The molecule has 9 heteroatoms. The Labute approximate surface area is 170 Å². The maximum absolute atomic E-state index is 13.0. The van der Waals surface area contributed by atoms with E-state index in [0.717, 1.165) is 0 Å². The van der Waals surface area contributed by atoms with Gasteiger partial charge in [0.15, 0.2) is 0 Å². The van der Waals surface area contributed by atoms with Crippen LogP contribution in [0.5, 0.6) is 0 Å². The van der Waals surface area contributed by atoms with E-state index in [9.17, 15) is 17.6 Å². The highest BCUT2D eigenvalue weighted by Crippen LogP contribution is 2.22. The summed E-state index contributed by atoms with van der Waals surface area (Å²) in [6.07, 6.45) is 0. The fourth-order valence-electron chi connectivity index (χ4n) is 3.06. The summed E-state index contributed by atoms with van der Waals surface area (Å²) < 4.78 is 41.0. The first-order chi connectivity index (χ1) is 12.8. The predicted molar refractivity (Wildman–Crippen MR) is 109 cm³/mol. The molecule has 1 fully saturated rings. The van der Waals surface area contributed by atoms with Crippen LogP contribution in [-0.2, 0) is 10.0 Å². The summed E-state index contributed by atoms with van der Waals surface area (Å²) in [5, 5.41) is 3.22. The summed E-state index contributed by atoms with van der Waals surface area (Å²) in [6.45, 7) is 5.60. The van der Waals surface area contributed by atoms with Crippen LogP contribution in [0.4, 0.5) is 10.1 Å². The molecule has 2 aromatic carbocycles. The second-order valence-corrected chi connectivity index (χ2v) is 8.30. The Bertz CT molecular complexity index is 951. The lowest BCUT2D eigenvalue weighted by molar-refractivity contribution is 0.0655. The zero-order chi connectivity index (χ0) is 19.6. The first-order valence-electron chi connectivity index (χ1n) is 8.68. The zero-order valence-electron chi connectivity index (χ0n) is 15.6. The van der Waals surface area contributed by atoms with Crippen molar-refractivity contribution in [2.75, 3.05) is 24.4 Å². The molecule has 0 aromatic heterocycles. The third-order valence-electron chi connectivity index (χ3n) is 4.58. The summed E-state index contributed by atoms with van der Waals surface area (Å²) in [7, 11) is -3.91. The van der Waals surface area contributed by atoms with Gasteiger partial charge >= 0.3 is 0 Å². The molecule has 1 aliphatic rings. The Morgan fingerprint density at radius 2 is 1.89 bits per heavy atom. The first-order valence-corrected chi connectivity index (χ1v) is 10.2. The number of rotatable bonds is 4. The molecule has 0 aliphatic carbocycles. The van der Waals surface area contributed by atoms with Gasteiger partial charge in [0.05, 0.1) is 4.90 Å². The molecule has 0 radical (unpaired) electrons. The maximum Gasteiger partial charge on any atom is 0.262 e. The SMILES string of the molecule is Cc1ccc(C(=O)N2CCNC[C@@H]2C)cc1S(=O)(=O)Nc1ccc(F)cc1.Cl. The Morgan fingerprint density at radius 3 is 2.54 bits per heavy atom. The average molecular weight is 428 g/mol. The van der Waals surface area contributed by atoms with Crippen molar-refractivity contribution in [2.45, 2.75) is 24.8 Å². The van der Waals surface area contributed by atoms with E-state index >= 15 is 0 Å². The van der Waals surface area contributed by atoms with Crippen LogP contribution in [0.2, 0.25) is 0 Å². The van der Waals surface area contributed by atoms with Crippen molar-refractivity contribution in [1.82, 2.24) is 10.2 Å². The number of amides is 1. The molecule has 3 rings (SSSR count). The summed E-state index contributed by atoms with van der Waals surface area (Å²) in [4.78, 5) is 14.6. The van der Waals surface area contributed by atoms with E-state index in [1.54, 1.807) is 24.0 Å². The summed E-state index contributed by atoms with van der Waals surface area (Å²) in [6, 6.07) is 9.75. The van der Waals surface area contributed by atoms with Gasteiger partial charge in [0.2, 0.25) is 0 Å². The van der Waals surface area contributed by atoms with Crippen LogP contribution in [0.3, 0.4) is 0 Å². The van der Waals surface area contributed by atoms with E-state index in [2.05, 4.69) is 10.0 Å². The molecular formula is C19H23ClFN3O3S. The number of nitrogens with one attached hydrogen (secondary N) is 2. The molecule has 0 bridgehead atoms. The van der Waals surface area contributed by atoms with Crippen molar-refractivity contribution in [3.8, 4) is 0 Å².